The fraction of sp³-hybridized carbons (Fsp3) is 0.909. The molecule has 4 nitrogen and oxygen atoms in total. The van der Waals surface area contributed by atoms with Crippen LogP contribution in [-0.2, 0) is 9.53 Å². The molecule has 1 aliphatic heterocycles. The van der Waals surface area contributed by atoms with Crippen LogP contribution in [0.5, 0.6) is 0 Å². The van der Waals surface area contributed by atoms with Gasteiger partial charge in [0.2, 0.25) is 0 Å². The van der Waals surface area contributed by atoms with E-state index in [1.165, 1.54) is 13.5 Å². The van der Waals surface area contributed by atoms with Gasteiger partial charge >= 0.3 is 5.97 Å². The SMILES string of the molecule is COC(=O)C1CCN(CCCCN)CC1.Cl.Cl. The zero-order valence-electron chi connectivity index (χ0n) is 10.4. The lowest BCUT2D eigenvalue weighted by molar-refractivity contribution is -0.147. The van der Waals surface area contributed by atoms with Gasteiger partial charge in [-0.25, -0.2) is 0 Å². The zero-order valence-corrected chi connectivity index (χ0v) is 12.0. The first-order valence-corrected chi connectivity index (χ1v) is 5.78. The van der Waals surface area contributed by atoms with Crippen LogP contribution in [0, 0.1) is 5.92 Å². The number of hydrogen-bond donors (Lipinski definition) is 1. The number of nitrogens with zero attached hydrogens (tertiary/aromatic N) is 1. The lowest BCUT2D eigenvalue weighted by Gasteiger charge is -2.30. The fourth-order valence-electron chi connectivity index (χ4n) is 2.04. The van der Waals surface area contributed by atoms with Crippen LogP contribution in [0.25, 0.3) is 0 Å². The van der Waals surface area contributed by atoms with Gasteiger partial charge in [0.25, 0.3) is 0 Å². The average Bonchev–Trinajstić information content (AvgIpc) is 2.29. The Balaban J connectivity index is 0. The molecule has 1 rings (SSSR count). The quantitative estimate of drug-likeness (QED) is 0.614. The fourth-order valence-corrected chi connectivity index (χ4v) is 2.04. The first-order chi connectivity index (χ1) is 7.27. The van der Waals surface area contributed by atoms with Gasteiger partial charge in [0, 0.05) is 0 Å². The molecule has 0 aliphatic carbocycles. The lowest BCUT2D eigenvalue weighted by Crippen LogP contribution is -2.37. The second-order valence-electron chi connectivity index (χ2n) is 4.13. The summed E-state index contributed by atoms with van der Waals surface area (Å²) >= 11 is 0. The summed E-state index contributed by atoms with van der Waals surface area (Å²) in [6.07, 6.45) is 4.14. The number of ether oxygens (including phenoxy) is 1. The Morgan fingerprint density at radius 1 is 1.29 bits per heavy atom. The zero-order chi connectivity index (χ0) is 11.1. The van der Waals surface area contributed by atoms with Gasteiger partial charge in [-0.15, -0.1) is 24.8 Å². The summed E-state index contributed by atoms with van der Waals surface area (Å²) in [6, 6.07) is 0. The molecule has 0 saturated carbocycles. The molecular formula is C11H24Cl2N2O2. The normalized spacial score (nSPS) is 16.8. The van der Waals surface area contributed by atoms with Crippen LogP contribution < -0.4 is 5.73 Å². The molecule has 6 heteroatoms. The summed E-state index contributed by atoms with van der Waals surface area (Å²) in [5.74, 6) is 0.0809. The number of unbranched alkanes of at least 4 members (excludes halogenated alkanes) is 1. The molecule has 0 aromatic carbocycles. The number of rotatable bonds is 5. The average molecular weight is 287 g/mol. The van der Waals surface area contributed by atoms with Gasteiger partial charge in [-0.05, 0) is 51.9 Å². The van der Waals surface area contributed by atoms with E-state index in [1.54, 1.807) is 0 Å². The number of hydrogen-bond acceptors (Lipinski definition) is 4. The van der Waals surface area contributed by atoms with Crippen molar-refractivity contribution in [3.63, 3.8) is 0 Å². The maximum atomic E-state index is 11.3. The second kappa shape index (κ2) is 11.1. The Labute approximate surface area is 116 Å². The van der Waals surface area contributed by atoms with Gasteiger partial charge in [-0.3, -0.25) is 4.79 Å². The van der Waals surface area contributed by atoms with E-state index in [0.717, 1.165) is 45.4 Å². The largest absolute Gasteiger partial charge is 0.469 e. The Morgan fingerprint density at radius 3 is 2.35 bits per heavy atom. The highest BCUT2D eigenvalue weighted by Crippen LogP contribution is 2.18. The van der Waals surface area contributed by atoms with Crippen molar-refractivity contribution in [2.75, 3.05) is 33.3 Å². The van der Waals surface area contributed by atoms with E-state index in [2.05, 4.69) is 4.90 Å². The van der Waals surface area contributed by atoms with Crippen LogP contribution in [0.1, 0.15) is 25.7 Å². The summed E-state index contributed by atoms with van der Waals surface area (Å²) < 4.78 is 4.75. The Morgan fingerprint density at radius 2 is 1.88 bits per heavy atom. The van der Waals surface area contributed by atoms with Crippen molar-refractivity contribution in [2.24, 2.45) is 11.7 Å². The third kappa shape index (κ3) is 7.09. The van der Waals surface area contributed by atoms with E-state index < -0.39 is 0 Å². The Hall–Kier alpha value is -0.0300. The summed E-state index contributed by atoms with van der Waals surface area (Å²) in [5, 5.41) is 0. The Bertz CT molecular complexity index is 198. The monoisotopic (exact) mass is 286 g/mol. The van der Waals surface area contributed by atoms with Gasteiger partial charge in [-0.2, -0.15) is 0 Å². The maximum Gasteiger partial charge on any atom is 0.308 e. The van der Waals surface area contributed by atoms with Crippen LogP contribution in [0.3, 0.4) is 0 Å². The number of esters is 1. The summed E-state index contributed by atoms with van der Waals surface area (Å²) in [6.45, 7) is 3.93. The second-order valence-corrected chi connectivity index (χ2v) is 4.13. The minimum Gasteiger partial charge on any atom is -0.469 e. The number of methoxy groups -OCH3 is 1. The van der Waals surface area contributed by atoms with Gasteiger partial charge in [0.1, 0.15) is 0 Å². The predicted molar refractivity (Wildman–Crippen MR) is 74.0 cm³/mol. The van der Waals surface area contributed by atoms with Gasteiger partial charge in [-0.1, -0.05) is 0 Å². The predicted octanol–water partition coefficient (Wildman–Crippen LogP) is 1.45. The third-order valence-corrected chi connectivity index (χ3v) is 3.05. The molecule has 0 aromatic heterocycles. The highest BCUT2D eigenvalue weighted by molar-refractivity contribution is 5.85. The van der Waals surface area contributed by atoms with Crippen LogP contribution in [0.2, 0.25) is 0 Å². The smallest absolute Gasteiger partial charge is 0.308 e. The minimum atomic E-state index is -0.0448. The molecule has 1 saturated heterocycles. The van der Waals surface area contributed by atoms with Crippen LogP contribution >= 0.6 is 24.8 Å². The van der Waals surface area contributed by atoms with Crippen molar-refractivity contribution in [1.82, 2.24) is 4.90 Å². The van der Waals surface area contributed by atoms with Crippen molar-refractivity contribution < 1.29 is 9.53 Å². The molecule has 0 atom stereocenters. The number of carbonyl (C=O) groups is 1. The highest BCUT2D eigenvalue weighted by atomic mass is 35.5. The molecule has 2 N–H and O–H groups in total. The molecule has 17 heavy (non-hydrogen) atoms. The maximum absolute atomic E-state index is 11.3. The topological polar surface area (TPSA) is 55.6 Å². The lowest BCUT2D eigenvalue weighted by atomic mass is 9.97. The molecule has 1 aliphatic rings. The molecule has 0 bridgehead atoms. The molecule has 104 valence electrons. The number of piperidine rings is 1. The van der Waals surface area contributed by atoms with Crippen molar-refractivity contribution in [3.05, 3.63) is 0 Å². The molecular weight excluding hydrogens is 263 g/mol. The van der Waals surface area contributed by atoms with Crippen molar-refractivity contribution in [3.8, 4) is 0 Å². The van der Waals surface area contributed by atoms with E-state index in [1.807, 2.05) is 0 Å². The summed E-state index contributed by atoms with van der Waals surface area (Å²) in [4.78, 5) is 13.7. The molecule has 1 heterocycles. The van der Waals surface area contributed by atoms with E-state index in [-0.39, 0.29) is 36.7 Å². The molecule has 0 unspecified atom stereocenters. The number of likely N-dealkylation sites (tertiary alicyclic amines) is 1. The van der Waals surface area contributed by atoms with E-state index in [4.69, 9.17) is 10.5 Å². The molecule has 0 spiro atoms. The number of nitrogens with two attached hydrogens (primary N) is 1. The molecule has 0 radical (unpaired) electrons. The number of halogens is 2. The number of carbonyl (C=O) groups excluding carboxylic acids is 1. The highest BCUT2D eigenvalue weighted by Gasteiger charge is 2.24. The summed E-state index contributed by atoms with van der Waals surface area (Å²) in [5.41, 5.74) is 5.44. The third-order valence-electron chi connectivity index (χ3n) is 3.05. The standard InChI is InChI=1S/C11H22N2O2.2ClH/c1-15-11(14)10-4-8-13(9-5-10)7-3-2-6-12;;/h10H,2-9,12H2,1H3;2*1H. The van der Waals surface area contributed by atoms with Crippen molar-refractivity contribution >= 4 is 30.8 Å². The van der Waals surface area contributed by atoms with Gasteiger partial charge in [0.15, 0.2) is 0 Å². The molecule has 1 fully saturated rings. The first kappa shape index (κ1) is 19.3. The van der Waals surface area contributed by atoms with Crippen LogP contribution in [0.15, 0.2) is 0 Å². The van der Waals surface area contributed by atoms with E-state index >= 15 is 0 Å². The Kier molecular flexibility index (Phi) is 12.6. The van der Waals surface area contributed by atoms with Crippen LogP contribution in [0.4, 0.5) is 0 Å². The minimum absolute atomic E-state index is 0. The van der Waals surface area contributed by atoms with Gasteiger partial charge in [0.05, 0.1) is 13.0 Å². The molecule has 0 aromatic rings. The van der Waals surface area contributed by atoms with E-state index in [0.29, 0.717) is 0 Å². The van der Waals surface area contributed by atoms with Crippen molar-refractivity contribution in [2.45, 2.75) is 25.7 Å². The molecule has 0 amide bonds. The van der Waals surface area contributed by atoms with Gasteiger partial charge < -0.3 is 15.4 Å². The van der Waals surface area contributed by atoms with E-state index in [9.17, 15) is 4.79 Å². The summed E-state index contributed by atoms with van der Waals surface area (Å²) in [7, 11) is 1.47. The first-order valence-electron chi connectivity index (χ1n) is 5.78. The van der Waals surface area contributed by atoms with Crippen molar-refractivity contribution in [1.29, 1.82) is 0 Å². The van der Waals surface area contributed by atoms with Crippen LogP contribution in [-0.4, -0.2) is 44.2 Å².